The highest BCUT2D eigenvalue weighted by atomic mass is 35.5. The number of hydrogen-bond donors (Lipinski definition) is 0. The predicted molar refractivity (Wildman–Crippen MR) is 86.4 cm³/mol. The van der Waals surface area contributed by atoms with Gasteiger partial charge in [-0.05, 0) is 50.3 Å². The fourth-order valence-corrected chi connectivity index (χ4v) is 3.33. The van der Waals surface area contributed by atoms with Gasteiger partial charge in [0, 0.05) is 31.3 Å². The van der Waals surface area contributed by atoms with Gasteiger partial charge in [0.2, 0.25) is 11.1 Å². The van der Waals surface area contributed by atoms with Gasteiger partial charge in [0.1, 0.15) is 0 Å². The van der Waals surface area contributed by atoms with Crippen LogP contribution in [0.3, 0.4) is 0 Å². The van der Waals surface area contributed by atoms with Crippen molar-refractivity contribution in [3.8, 4) is 0 Å². The van der Waals surface area contributed by atoms with E-state index in [4.69, 9.17) is 16.1 Å². The Morgan fingerprint density at radius 1 is 1.48 bits per heavy atom. The van der Waals surface area contributed by atoms with Crippen LogP contribution >= 0.6 is 11.6 Å². The Morgan fingerprint density at radius 3 is 2.96 bits per heavy atom. The molecule has 0 spiro atoms. The molecule has 1 saturated heterocycles. The highest BCUT2D eigenvalue weighted by Crippen LogP contribution is 2.24. The van der Waals surface area contributed by atoms with Gasteiger partial charge < -0.3 is 9.42 Å². The van der Waals surface area contributed by atoms with E-state index in [-0.39, 0.29) is 11.9 Å². The molecule has 0 bridgehead atoms. The molecule has 0 N–H and O–H groups in total. The summed E-state index contributed by atoms with van der Waals surface area (Å²) < 4.78 is 6.91. The molecule has 23 heavy (non-hydrogen) atoms. The average molecular weight is 337 g/mol. The van der Waals surface area contributed by atoms with E-state index in [9.17, 15) is 4.79 Å². The average Bonchev–Trinajstić information content (AvgIpc) is 3.12. The number of rotatable bonds is 4. The molecule has 0 saturated carbocycles. The van der Waals surface area contributed by atoms with Crippen LogP contribution in [0.25, 0.3) is 0 Å². The number of piperidine rings is 1. The van der Waals surface area contributed by atoms with E-state index in [1.165, 1.54) is 0 Å². The first kappa shape index (κ1) is 16.1. The van der Waals surface area contributed by atoms with E-state index in [1.807, 2.05) is 35.8 Å². The number of amides is 1. The first-order chi connectivity index (χ1) is 11.0. The molecule has 2 aromatic heterocycles. The lowest BCUT2D eigenvalue weighted by molar-refractivity contribution is -0.132. The number of aromatic nitrogens is 3. The predicted octanol–water partition coefficient (Wildman–Crippen LogP) is 2.94. The van der Waals surface area contributed by atoms with E-state index in [2.05, 4.69) is 10.3 Å². The van der Waals surface area contributed by atoms with Crippen LogP contribution in [0.5, 0.6) is 0 Å². The lowest BCUT2D eigenvalue weighted by Crippen LogP contribution is -2.41. The maximum atomic E-state index is 12.5. The quantitative estimate of drug-likeness (QED) is 0.861. The molecule has 0 aliphatic carbocycles. The molecule has 124 valence electrons. The van der Waals surface area contributed by atoms with Gasteiger partial charge in [0.15, 0.2) is 0 Å². The minimum atomic E-state index is 0.148. The van der Waals surface area contributed by atoms with Gasteiger partial charge in [-0.2, -0.15) is 5.10 Å². The summed E-state index contributed by atoms with van der Waals surface area (Å²) in [6, 6.07) is 0.266. The second kappa shape index (κ2) is 6.74. The zero-order valence-electron chi connectivity index (χ0n) is 13.5. The maximum absolute atomic E-state index is 12.5. The Kier molecular flexibility index (Phi) is 4.71. The fourth-order valence-electron chi connectivity index (χ4n) is 3.06. The van der Waals surface area contributed by atoms with Crippen molar-refractivity contribution in [2.75, 3.05) is 13.1 Å². The summed E-state index contributed by atoms with van der Waals surface area (Å²) in [5.41, 5.74) is 2.73. The molecule has 1 atom stereocenters. The molecule has 1 aliphatic heterocycles. The summed E-state index contributed by atoms with van der Waals surface area (Å²) in [5, 5.41) is 8.49. The summed E-state index contributed by atoms with van der Waals surface area (Å²) in [7, 11) is 0. The van der Waals surface area contributed by atoms with Crippen LogP contribution in [0.2, 0.25) is 5.22 Å². The summed E-state index contributed by atoms with van der Waals surface area (Å²) >= 11 is 5.95. The smallest absolute Gasteiger partial charge is 0.229 e. The number of hydrogen-bond acceptors (Lipinski definition) is 4. The van der Waals surface area contributed by atoms with Crippen LogP contribution in [0, 0.1) is 13.8 Å². The van der Waals surface area contributed by atoms with Crippen LogP contribution in [0.15, 0.2) is 16.9 Å². The highest BCUT2D eigenvalue weighted by molar-refractivity contribution is 6.29. The van der Waals surface area contributed by atoms with Crippen molar-refractivity contribution in [1.82, 2.24) is 19.8 Å². The summed E-state index contributed by atoms with van der Waals surface area (Å²) in [6.07, 6.45) is 6.95. The van der Waals surface area contributed by atoms with Crippen LogP contribution in [0.4, 0.5) is 0 Å². The monoisotopic (exact) mass is 336 g/mol. The lowest BCUT2D eigenvalue weighted by atomic mass is 10.0. The molecule has 1 fully saturated rings. The summed E-state index contributed by atoms with van der Waals surface area (Å²) in [4.78, 5) is 14.4. The van der Waals surface area contributed by atoms with E-state index in [0.29, 0.717) is 18.1 Å². The van der Waals surface area contributed by atoms with E-state index in [1.54, 1.807) is 0 Å². The largest absolute Gasteiger partial charge is 0.344 e. The molecular weight excluding hydrogens is 316 g/mol. The van der Waals surface area contributed by atoms with Crippen LogP contribution in [-0.2, 0) is 11.2 Å². The van der Waals surface area contributed by atoms with Gasteiger partial charge in [-0.3, -0.25) is 9.48 Å². The molecule has 1 amide bonds. The second-order valence-electron chi connectivity index (χ2n) is 6.15. The van der Waals surface area contributed by atoms with Gasteiger partial charge in [0.05, 0.1) is 17.9 Å². The van der Waals surface area contributed by atoms with Crippen LogP contribution in [-0.4, -0.2) is 38.8 Å². The van der Waals surface area contributed by atoms with Crippen molar-refractivity contribution in [1.29, 1.82) is 0 Å². The number of nitrogens with zero attached hydrogens (tertiary/aromatic N) is 4. The summed E-state index contributed by atoms with van der Waals surface area (Å²) in [5.74, 6) is 0.148. The van der Waals surface area contributed by atoms with Crippen molar-refractivity contribution in [3.05, 3.63) is 34.4 Å². The van der Waals surface area contributed by atoms with Gasteiger partial charge in [0.25, 0.3) is 0 Å². The Balaban J connectivity index is 1.59. The third-order valence-corrected chi connectivity index (χ3v) is 4.68. The van der Waals surface area contributed by atoms with E-state index < -0.39 is 0 Å². The van der Waals surface area contributed by atoms with Crippen LogP contribution < -0.4 is 0 Å². The van der Waals surface area contributed by atoms with Gasteiger partial charge in [-0.15, -0.1) is 0 Å². The Bertz CT molecular complexity index is 675. The van der Waals surface area contributed by atoms with E-state index >= 15 is 0 Å². The normalized spacial score (nSPS) is 18.4. The topological polar surface area (TPSA) is 64.2 Å². The molecule has 1 aliphatic rings. The SMILES string of the molecule is Cc1cnn([C@H]2CCCN(C(=O)CCc3c(C)noc3Cl)C2)c1. The van der Waals surface area contributed by atoms with Crippen molar-refractivity contribution in [3.63, 3.8) is 0 Å². The molecular formula is C16H21ClN4O2. The molecule has 0 radical (unpaired) electrons. The maximum Gasteiger partial charge on any atom is 0.229 e. The highest BCUT2D eigenvalue weighted by Gasteiger charge is 2.25. The van der Waals surface area contributed by atoms with E-state index in [0.717, 1.165) is 42.8 Å². The zero-order valence-corrected chi connectivity index (χ0v) is 14.2. The number of likely N-dealkylation sites (tertiary alicyclic amines) is 1. The molecule has 0 unspecified atom stereocenters. The Hall–Kier alpha value is -1.82. The Morgan fingerprint density at radius 2 is 2.30 bits per heavy atom. The third kappa shape index (κ3) is 3.58. The molecule has 3 rings (SSSR count). The molecule has 2 aromatic rings. The lowest BCUT2D eigenvalue weighted by Gasteiger charge is -2.33. The Labute approximate surface area is 140 Å². The first-order valence-electron chi connectivity index (χ1n) is 7.94. The second-order valence-corrected chi connectivity index (χ2v) is 6.50. The zero-order chi connectivity index (χ0) is 16.4. The fraction of sp³-hybridized carbons (Fsp3) is 0.562. The minimum absolute atomic E-state index is 0.148. The number of carbonyl (C=O) groups is 1. The standard InChI is InChI=1S/C16H21ClN4O2/c1-11-8-18-21(9-11)13-4-3-7-20(10-13)15(22)6-5-14-12(2)19-23-16(14)17/h8-9,13H,3-7,10H2,1-2H3/t13-/m0/s1. The van der Waals surface area contributed by atoms with Gasteiger partial charge in [-0.25, -0.2) is 0 Å². The van der Waals surface area contributed by atoms with Crippen molar-refractivity contribution >= 4 is 17.5 Å². The summed E-state index contributed by atoms with van der Waals surface area (Å²) in [6.45, 7) is 5.40. The number of carbonyl (C=O) groups excluding carboxylic acids is 1. The number of aryl methyl sites for hydroxylation is 2. The molecule has 7 heteroatoms. The van der Waals surface area contributed by atoms with Crippen molar-refractivity contribution < 1.29 is 9.32 Å². The number of halogens is 1. The molecule has 6 nitrogen and oxygen atoms in total. The third-order valence-electron chi connectivity index (χ3n) is 4.38. The molecule has 0 aromatic carbocycles. The van der Waals surface area contributed by atoms with Gasteiger partial charge >= 0.3 is 0 Å². The van der Waals surface area contributed by atoms with Crippen molar-refractivity contribution in [2.45, 2.75) is 45.6 Å². The van der Waals surface area contributed by atoms with Gasteiger partial charge in [-0.1, -0.05) is 5.16 Å². The van der Waals surface area contributed by atoms with Crippen molar-refractivity contribution in [2.24, 2.45) is 0 Å². The minimum Gasteiger partial charge on any atom is -0.344 e. The molecule has 3 heterocycles. The first-order valence-corrected chi connectivity index (χ1v) is 8.31. The van der Waals surface area contributed by atoms with Crippen LogP contribution in [0.1, 0.15) is 42.1 Å².